The van der Waals surface area contributed by atoms with Gasteiger partial charge in [-0.1, -0.05) is 19.3 Å². The lowest BCUT2D eigenvalue weighted by Gasteiger charge is -2.33. The molecule has 164 valence electrons. The summed E-state index contributed by atoms with van der Waals surface area (Å²) in [5.41, 5.74) is 0. The fourth-order valence-electron chi connectivity index (χ4n) is 4.31. The van der Waals surface area contributed by atoms with Gasteiger partial charge in [0.05, 0.1) is 6.54 Å². The van der Waals surface area contributed by atoms with E-state index in [-0.39, 0.29) is 24.6 Å². The van der Waals surface area contributed by atoms with Gasteiger partial charge in [0.15, 0.2) is 11.5 Å². The Labute approximate surface area is 177 Å². The molecule has 0 aromatic heterocycles. The third kappa shape index (κ3) is 5.29. The van der Waals surface area contributed by atoms with Crippen LogP contribution in [0.25, 0.3) is 0 Å². The predicted octanol–water partition coefficient (Wildman–Crippen LogP) is 2.66. The van der Waals surface area contributed by atoms with Crippen molar-refractivity contribution in [3.8, 4) is 17.2 Å². The molecular weight excluding hydrogens is 386 g/mol. The van der Waals surface area contributed by atoms with Gasteiger partial charge in [-0.25, -0.2) is 4.79 Å². The molecule has 2 N–H and O–H groups in total. The Morgan fingerprint density at radius 2 is 1.80 bits per heavy atom. The van der Waals surface area contributed by atoms with Crippen LogP contribution in [-0.4, -0.2) is 55.9 Å². The van der Waals surface area contributed by atoms with Gasteiger partial charge in [-0.15, -0.1) is 0 Å². The maximum absolute atomic E-state index is 12.4. The molecule has 0 radical (unpaired) electrons. The monoisotopic (exact) mass is 417 g/mol. The zero-order chi connectivity index (χ0) is 20.8. The number of nitrogens with one attached hydrogen (secondary N) is 2. The highest BCUT2D eigenvalue weighted by Crippen LogP contribution is 2.35. The van der Waals surface area contributed by atoms with E-state index in [4.69, 9.17) is 14.2 Å². The van der Waals surface area contributed by atoms with Crippen LogP contribution < -0.4 is 24.8 Å². The molecule has 2 aliphatic heterocycles. The summed E-state index contributed by atoms with van der Waals surface area (Å²) < 4.78 is 16.3. The molecule has 3 amide bonds. The molecule has 2 heterocycles. The largest absolute Gasteiger partial charge is 0.492 e. The number of rotatable bonds is 6. The van der Waals surface area contributed by atoms with Gasteiger partial charge in [0, 0.05) is 31.1 Å². The predicted molar refractivity (Wildman–Crippen MR) is 111 cm³/mol. The molecule has 1 saturated heterocycles. The highest BCUT2D eigenvalue weighted by atomic mass is 16.7. The van der Waals surface area contributed by atoms with Gasteiger partial charge in [0.25, 0.3) is 0 Å². The van der Waals surface area contributed by atoms with E-state index in [1.165, 1.54) is 19.3 Å². The summed E-state index contributed by atoms with van der Waals surface area (Å²) in [4.78, 5) is 26.7. The first-order valence-electron chi connectivity index (χ1n) is 11.0. The van der Waals surface area contributed by atoms with Gasteiger partial charge in [0.1, 0.15) is 12.4 Å². The van der Waals surface area contributed by atoms with E-state index in [1.807, 2.05) is 17.0 Å². The lowest BCUT2D eigenvalue weighted by Crippen LogP contribution is -2.49. The Kier molecular flexibility index (Phi) is 6.81. The van der Waals surface area contributed by atoms with Crippen LogP contribution in [-0.2, 0) is 4.79 Å². The summed E-state index contributed by atoms with van der Waals surface area (Å²) in [5, 5.41) is 6.10. The maximum Gasteiger partial charge on any atom is 0.317 e. The Morgan fingerprint density at radius 1 is 1.03 bits per heavy atom. The van der Waals surface area contributed by atoms with Crippen molar-refractivity contribution in [2.75, 3.05) is 33.0 Å². The van der Waals surface area contributed by atoms with Crippen LogP contribution in [0.5, 0.6) is 17.2 Å². The molecule has 0 spiro atoms. The number of hydrogen-bond donors (Lipinski definition) is 2. The van der Waals surface area contributed by atoms with E-state index in [9.17, 15) is 9.59 Å². The maximum atomic E-state index is 12.4. The standard InChI is InChI=1S/C22H31N3O5/c26-21(23-10-13-28-18-6-7-19-20(14-18)30-15-29-19)16-8-11-25(12-9-16)22(27)24-17-4-2-1-3-5-17/h6-7,14,16-17H,1-5,8-13,15H2,(H,23,26)(H,24,27). The molecule has 3 aliphatic rings. The molecule has 0 atom stereocenters. The molecule has 2 fully saturated rings. The first-order chi connectivity index (χ1) is 14.7. The fraction of sp³-hybridized carbons (Fsp3) is 0.636. The molecule has 1 saturated carbocycles. The van der Waals surface area contributed by atoms with Crippen molar-refractivity contribution < 1.29 is 23.8 Å². The molecule has 1 aromatic carbocycles. The second-order valence-corrected chi connectivity index (χ2v) is 8.20. The van der Waals surface area contributed by atoms with Crippen molar-refractivity contribution in [1.29, 1.82) is 0 Å². The quantitative estimate of drug-likeness (QED) is 0.695. The van der Waals surface area contributed by atoms with E-state index < -0.39 is 0 Å². The van der Waals surface area contributed by atoms with E-state index in [1.54, 1.807) is 6.07 Å². The third-order valence-electron chi connectivity index (χ3n) is 6.10. The SMILES string of the molecule is O=C(NCCOc1ccc2c(c1)OCO2)C1CCN(C(=O)NC2CCCCC2)CC1. The lowest BCUT2D eigenvalue weighted by molar-refractivity contribution is -0.126. The van der Waals surface area contributed by atoms with Crippen LogP contribution in [0.1, 0.15) is 44.9 Å². The summed E-state index contributed by atoms with van der Waals surface area (Å²) in [6, 6.07) is 5.77. The number of hydrogen-bond acceptors (Lipinski definition) is 5. The summed E-state index contributed by atoms with van der Waals surface area (Å²) >= 11 is 0. The van der Waals surface area contributed by atoms with Crippen molar-refractivity contribution >= 4 is 11.9 Å². The molecule has 1 aromatic rings. The van der Waals surface area contributed by atoms with Crippen molar-refractivity contribution in [1.82, 2.24) is 15.5 Å². The van der Waals surface area contributed by atoms with Crippen molar-refractivity contribution in [3.05, 3.63) is 18.2 Å². The van der Waals surface area contributed by atoms with Crippen molar-refractivity contribution in [3.63, 3.8) is 0 Å². The number of piperidine rings is 1. The van der Waals surface area contributed by atoms with Gasteiger partial charge in [-0.2, -0.15) is 0 Å². The van der Waals surface area contributed by atoms with Crippen LogP contribution >= 0.6 is 0 Å². The zero-order valence-electron chi connectivity index (χ0n) is 17.4. The summed E-state index contributed by atoms with van der Waals surface area (Å²) in [5.74, 6) is 2.07. The van der Waals surface area contributed by atoms with Gasteiger partial charge >= 0.3 is 6.03 Å². The normalized spacial score (nSPS) is 19.4. The number of nitrogens with zero attached hydrogens (tertiary/aromatic N) is 1. The topological polar surface area (TPSA) is 89.1 Å². The Bertz CT molecular complexity index is 742. The second kappa shape index (κ2) is 9.91. The Balaban J connectivity index is 1.12. The molecule has 8 heteroatoms. The number of ether oxygens (including phenoxy) is 3. The molecule has 30 heavy (non-hydrogen) atoms. The van der Waals surface area contributed by atoms with E-state index in [2.05, 4.69) is 10.6 Å². The minimum absolute atomic E-state index is 0.0258. The fourth-order valence-corrected chi connectivity index (χ4v) is 4.31. The van der Waals surface area contributed by atoms with Crippen LogP contribution in [0.3, 0.4) is 0 Å². The summed E-state index contributed by atoms with van der Waals surface area (Å²) in [6.45, 7) is 2.31. The average Bonchev–Trinajstić information content (AvgIpc) is 3.25. The van der Waals surface area contributed by atoms with Crippen molar-refractivity contribution in [2.24, 2.45) is 5.92 Å². The van der Waals surface area contributed by atoms with E-state index >= 15 is 0 Å². The van der Waals surface area contributed by atoms with Crippen LogP contribution in [0.15, 0.2) is 18.2 Å². The molecule has 1 aliphatic carbocycles. The first kappa shape index (κ1) is 20.6. The number of urea groups is 1. The highest BCUT2D eigenvalue weighted by molar-refractivity contribution is 5.79. The smallest absolute Gasteiger partial charge is 0.317 e. The number of amides is 3. The van der Waals surface area contributed by atoms with E-state index in [0.29, 0.717) is 56.6 Å². The average molecular weight is 418 g/mol. The highest BCUT2D eigenvalue weighted by Gasteiger charge is 2.28. The van der Waals surface area contributed by atoms with Crippen LogP contribution in [0.2, 0.25) is 0 Å². The lowest BCUT2D eigenvalue weighted by atomic mass is 9.95. The molecule has 4 rings (SSSR count). The second-order valence-electron chi connectivity index (χ2n) is 8.20. The van der Waals surface area contributed by atoms with Crippen LogP contribution in [0, 0.1) is 5.92 Å². The summed E-state index contributed by atoms with van der Waals surface area (Å²) in [7, 11) is 0. The number of likely N-dealkylation sites (tertiary alicyclic amines) is 1. The van der Waals surface area contributed by atoms with Gasteiger partial charge < -0.3 is 29.7 Å². The minimum atomic E-state index is -0.0470. The number of benzene rings is 1. The number of fused-ring (bicyclic) bond motifs is 1. The van der Waals surface area contributed by atoms with Crippen LogP contribution in [0.4, 0.5) is 4.79 Å². The molecular formula is C22H31N3O5. The van der Waals surface area contributed by atoms with Gasteiger partial charge in [-0.05, 0) is 37.8 Å². The minimum Gasteiger partial charge on any atom is -0.492 e. The molecule has 0 unspecified atom stereocenters. The number of carbonyl (C=O) groups excluding carboxylic acids is 2. The zero-order valence-corrected chi connectivity index (χ0v) is 17.4. The summed E-state index contributed by atoms with van der Waals surface area (Å²) in [6.07, 6.45) is 7.24. The van der Waals surface area contributed by atoms with E-state index in [0.717, 1.165) is 18.6 Å². The van der Waals surface area contributed by atoms with Gasteiger partial charge in [-0.3, -0.25) is 4.79 Å². The Morgan fingerprint density at radius 3 is 2.60 bits per heavy atom. The van der Waals surface area contributed by atoms with Gasteiger partial charge in [0.2, 0.25) is 12.7 Å². The number of carbonyl (C=O) groups is 2. The van der Waals surface area contributed by atoms with Crippen molar-refractivity contribution in [2.45, 2.75) is 51.0 Å². The first-order valence-corrected chi connectivity index (χ1v) is 11.0. The molecule has 0 bridgehead atoms. The molecule has 8 nitrogen and oxygen atoms in total. The Hall–Kier alpha value is -2.64. The third-order valence-corrected chi connectivity index (χ3v) is 6.10.